The molecule has 0 aromatic rings. The second-order valence-corrected chi connectivity index (χ2v) is 4.64. The zero-order chi connectivity index (χ0) is 12.6. The summed E-state index contributed by atoms with van der Waals surface area (Å²) in [5.74, 6) is -0.418. The van der Waals surface area contributed by atoms with Gasteiger partial charge < -0.3 is 5.32 Å². The highest BCUT2D eigenvalue weighted by Crippen LogP contribution is 2.10. The van der Waals surface area contributed by atoms with Crippen molar-refractivity contribution in [3.8, 4) is 0 Å². The van der Waals surface area contributed by atoms with E-state index in [0.717, 1.165) is 4.90 Å². The van der Waals surface area contributed by atoms with Crippen molar-refractivity contribution in [2.45, 2.75) is 25.0 Å². The molecule has 6 heteroatoms. The molecular formula is C10H18N2O3S. The number of carbonyl (C=O) groups excluding carboxylic acids is 3. The van der Waals surface area contributed by atoms with Gasteiger partial charge in [0.15, 0.2) is 0 Å². The van der Waals surface area contributed by atoms with Crippen LogP contribution in [0.5, 0.6) is 0 Å². The minimum absolute atomic E-state index is 0.142. The quantitative estimate of drug-likeness (QED) is 0.654. The summed E-state index contributed by atoms with van der Waals surface area (Å²) in [6, 6.07) is 0. The number of nitrogens with zero attached hydrogens (tertiary/aromatic N) is 1. The van der Waals surface area contributed by atoms with Gasteiger partial charge in [0.05, 0.1) is 0 Å². The Kier molecular flexibility index (Phi) is 7.62. The molecule has 0 bridgehead atoms. The van der Waals surface area contributed by atoms with Gasteiger partial charge in [-0.3, -0.25) is 19.3 Å². The minimum atomic E-state index is -0.235. The van der Waals surface area contributed by atoms with Crippen LogP contribution in [0.15, 0.2) is 0 Å². The molecule has 0 aliphatic heterocycles. The highest BCUT2D eigenvalue weighted by Gasteiger charge is 2.16. The molecule has 0 aliphatic rings. The van der Waals surface area contributed by atoms with Gasteiger partial charge >= 0.3 is 0 Å². The summed E-state index contributed by atoms with van der Waals surface area (Å²) in [7, 11) is 1.52. The highest BCUT2D eigenvalue weighted by molar-refractivity contribution is 7.99. The first-order chi connectivity index (χ1) is 7.54. The molecule has 5 nitrogen and oxygen atoms in total. The molecule has 0 aliphatic carbocycles. The molecule has 0 heterocycles. The second-order valence-electron chi connectivity index (χ2n) is 3.37. The Morgan fingerprint density at radius 3 is 2.56 bits per heavy atom. The number of hydrogen-bond donors (Lipinski definition) is 1. The molecule has 1 unspecified atom stereocenters. The van der Waals surface area contributed by atoms with Crippen LogP contribution in [0.1, 0.15) is 19.8 Å². The average Bonchev–Trinajstić information content (AvgIpc) is 2.29. The summed E-state index contributed by atoms with van der Waals surface area (Å²) in [6.45, 7) is 2.06. The van der Waals surface area contributed by atoms with Crippen LogP contribution in [-0.2, 0) is 14.4 Å². The van der Waals surface area contributed by atoms with Crippen molar-refractivity contribution >= 4 is 30.0 Å². The molecule has 0 aromatic carbocycles. The fraction of sp³-hybridized carbons (Fsp3) is 0.700. The Balaban J connectivity index is 4.11. The SMILES string of the molecule is CNC(=O)CCN(C=O)C(=O)CC(C)SC. The summed E-state index contributed by atoms with van der Waals surface area (Å²) in [5, 5.41) is 2.61. The summed E-state index contributed by atoms with van der Waals surface area (Å²) in [5.41, 5.74) is 0. The summed E-state index contributed by atoms with van der Waals surface area (Å²) >= 11 is 1.57. The van der Waals surface area contributed by atoms with Crippen molar-refractivity contribution in [2.75, 3.05) is 19.8 Å². The first-order valence-corrected chi connectivity index (χ1v) is 6.32. The molecule has 16 heavy (non-hydrogen) atoms. The fourth-order valence-corrected chi connectivity index (χ4v) is 1.34. The monoisotopic (exact) mass is 246 g/mol. The van der Waals surface area contributed by atoms with E-state index in [0.29, 0.717) is 12.8 Å². The van der Waals surface area contributed by atoms with Crippen molar-refractivity contribution in [2.24, 2.45) is 0 Å². The third-order valence-corrected chi connectivity index (χ3v) is 3.14. The van der Waals surface area contributed by atoms with Crippen LogP contribution in [0.4, 0.5) is 0 Å². The van der Waals surface area contributed by atoms with Gasteiger partial charge in [-0.05, 0) is 6.26 Å². The predicted molar refractivity (Wildman–Crippen MR) is 64.1 cm³/mol. The maximum absolute atomic E-state index is 11.6. The van der Waals surface area contributed by atoms with Crippen LogP contribution in [-0.4, -0.2) is 48.2 Å². The molecule has 1 atom stereocenters. The van der Waals surface area contributed by atoms with Crippen LogP contribution in [0.25, 0.3) is 0 Å². The lowest BCUT2D eigenvalue weighted by molar-refractivity contribution is -0.138. The largest absolute Gasteiger partial charge is 0.359 e. The number of rotatable bonds is 7. The summed E-state index contributed by atoms with van der Waals surface area (Å²) < 4.78 is 0. The Morgan fingerprint density at radius 2 is 2.12 bits per heavy atom. The van der Waals surface area contributed by atoms with E-state index < -0.39 is 0 Å². The number of nitrogens with one attached hydrogen (secondary N) is 1. The number of imide groups is 1. The molecule has 0 fully saturated rings. The van der Waals surface area contributed by atoms with Gasteiger partial charge in [0.2, 0.25) is 18.2 Å². The fourth-order valence-electron chi connectivity index (χ4n) is 1.03. The van der Waals surface area contributed by atoms with Gasteiger partial charge in [0.25, 0.3) is 0 Å². The van der Waals surface area contributed by atoms with Crippen molar-refractivity contribution in [1.82, 2.24) is 10.2 Å². The van der Waals surface area contributed by atoms with Crippen LogP contribution < -0.4 is 5.32 Å². The van der Waals surface area contributed by atoms with E-state index in [1.54, 1.807) is 11.8 Å². The topological polar surface area (TPSA) is 66.5 Å². The zero-order valence-electron chi connectivity index (χ0n) is 9.86. The number of hydrogen-bond acceptors (Lipinski definition) is 4. The zero-order valence-corrected chi connectivity index (χ0v) is 10.7. The Labute approximate surface area is 99.9 Å². The van der Waals surface area contributed by atoms with Crippen LogP contribution in [0.2, 0.25) is 0 Å². The smallest absolute Gasteiger partial charge is 0.230 e. The number of thioether (sulfide) groups is 1. The molecule has 3 amide bonds. The molecule has 0 saturated carbocycles. The van der Waals surface area contributed by atoms with E-state index in [9.17, 15) is 14.4 Å². The molecule has 1 N–H and O–H groups in total. The Hall–Kier alpha value is -1.04. The van der Waals surface area contributed by atoms with E-state index in [1.807, 2.05) is 13.2 Å². The maximum atomic E-state index is 11.6. The predicted octanol–water partition coefficient (Wildman–Crippen LogP) is 0.249. The lowest BCUT2D eigenvalue weighted by atomic mass is 10.3. The normalized spacial score (nSPS) is 11.7. The molecule has 0 spiro atoms. The number of amides is 3. The third-order valence-electron chi connectivity index (χ3n) is 2.17. The first kappa shape index (κ1) is 15.0. The van der Waals surface area contributed by atoms with E-state index >= 15 is 0 Å². The third kappa shape index (κ3) is 5.75. The summed E-state index contributed by atoms with van der Waals surface area (Å²) in [6.07, 6.45) is 2.86. The van der Waals surface area contributed by atoms with Crippen molar-refractivity contribution < 1.29 is 14.4 Å². The Bertz CT molecular complexity index is 258. The Morgan fingerprint density at radius 1 is 1.50 bits per heavy atom. The minimum Gasteiger partial charge on any atom is -0.359 e. The van der Waals surface area contributed by atoms with E-state index in [1.165, 1.54) is 7.05 Å². The molecule has 0 aromatic heterocycles. The van der Waals surface area contributed by atoms with E-state index in [-0.39, 0.29) is 30.0 Å². The molecule has 0 rings (SSSR count). The molecule has 0 radical (unpaired) electrons. The number of carbonyl (C=O) groups is 3. The van der Waals surface area contributed by atoms with Gasteiger partial charge in [0, 0.05) is 31.7 Å². The van der Waals surface area contributed by atoms with Gasteiger partial charge in [-0.25, -0.2) is 0 Å². The van der Waals surface area contributed by atoms with Crippen molar-refractivity contribution in [3.63, 3.8) is 0 Å². The maximum Gasteiger partial charge on any atom is 0.230 e. The van der Waals surface area contributed by atoms with Crippen LogP contribution in [0, 0.1) is 0 Å². The van der Waals surface area contributed by atoms with E-state index in [2.05, 4.69) is 5.32 Å². The molecular weight excluding hydrogens is 228 g/mol. The van der Waals surface area contributed by atoms with Gasteiger partial charge in [-0.15, -0.1) is 0 Å². The molecule has 92 valence electrons. The second kappa shape index (κ2) is 8.15. The lowest BCUT2D eigenvalue weighted by Gasteiger charge is -2.16. The van der Waals surface area contributed by atoms with Crippen molar-refractivity contribution in [1.29, 1.82) is 0 Å². The van der Waals surface area contributed by atoms with Crippen LogP contribution in [0.3, 0.4) is 0 Å². The standard InChI is InChI=1S/C10H18N2O3S/c1-8(16-3)6-10(15)12(7-13)5-4-9(14)11-2/h7-8H,4-6H2,1-3H3,(H,11,14). The van der Waals surface area contributed by atoms with Gasteiger partial charge in [-0.1, -0.05) is 6.92 Å². The van der Waals surface area contributed by atoms with E-state index in [4.69, 9.17) is 0 Å². The first-order valence-electron chi connectivity index (χ1n) is 5.03. The van der Waals surface area contributed by atoms with Crippen LogP contribution >= 0.6 is 11.8 Å². The molecule has 0 saturated heterocycles. The van der Waals surface area contributed by atoms with Gasteiger partial charge in [0.1, 0.15) is 0 Å². The van der Waals surface area contributed by atoms with Crippen molar-refractivity contribution in [3.05, 3.63) is 0 Å². The highest BCUT2D eigenvalue weighted by atomic mass is 32.2. The summed E-state index contributed by atoms with van der Waals surface area (Å²) in [4.78, 5) is 34.3. The lowest BCUT2D eigenvalue weighted by Crippen LogP contribution is -2.34. The average molecular weight is 246 g/mol. The van der Waals surface area contributed by atoms with Gasteiger partial charge in [-0.2, -0.15) is 11.8 Å².